The van der Waals surface area contributed by atoms with E-state index in [1.165, 1.54) is 0 Å². The minimum atomic E-state index is 0.110. The summed E-state index contributed by atoms with van der Waals surface area (Å²) in [4.78, 5) is 12.3. The van der Waals surface area contributed by atoms with E-state index in [1.807, 2.05) is 30.3 Å². The Morgan fingerprint density at radius 2 is 2.04 bits per heavy atom. The van der Waals surface area contributed by atoms with E-state index >= 15 is 0 Å². The molecule has 0 unspecified atom stereocenters. The number of aromatic amines is 1. The summed E-state index contributed by atoms with van der Waals surface area (Å²) in [5.74, 6) is 1.43. The fourth-order valence-corrected chi connectivity index (χ4v) is 2.75. The Bertz CT molecular complexity index is 887. The van der Waals surface area contributed by atoms with E-state index in [-0.39, 0.29) is 5.41 Å². The zero-order chi connectivity index (χ0) is 17.2. The van der Waals surface area contributed by atoms with Gasteiger partial charge in [0, 0.05) is 29.2 Å². The predicted octanol–water partition coefficient (Wildman–Crippen LogP) is 3.45. The van der Waals surface area contributed by atoms with Crippen LogP contribution in [0.15, 0.2) is 36.5 Å². The van der Waals surface area contributed by atoms with Gasteiger partial charge in [-0.1, -0.05) is 32.9 Å². The van der Waals surface area contributed by atoms with Crippen LogP contribution in [0.25, 0.3) is 22.4 Å². The molecule has 0 radical (unpaired) electrons. The third-order valence-electron chi connectivity index (χ3n) is 3.59. The van der Waals surface area contributed by atoms with Crippen molar-refractivity contribution in [3.8, 4) is 11.4 Å². The van der Waals surface area contributed by atoms with Crippen molar-refractivity contribution in [3.63, 3.8) is 0 Å². The fourth-order valence-electron chi connectivity index (χ4n) is 2.42. The largest absolute Gasteiger partial charge is 0.369 e. The lowest BCUT2D eigenvalue weighted by molar-refractivity contribution is 0.442. The lowest BCUT2D eigenvalue weighted by Crippen LogP contribution is -2.20. The molecule has 2 aromatic heterocycles. The number of benzene rings is 1. The molecule has 5 nitrogen and oxygen atoms in total. The number of nitrogens with zero attached hydrogens (tertiary/aromatic N) is 2. The fraction of sp³-hybridized carbons (Fsp3) is 0.278. The molecule has 0 fully saturated rings. The Balaban J connectivity index is 2.08. The minimum absolute atomic E-state index is 0.110. The number of H-pyrrole nitrogens is 1. The first-order valence-corrected chi connectivity index (χ1v) is 8.58. The first kappa shape index (κ1) is 16.4. The number of hydrogen-bond acceptors (Lipinski definition) is 4. The number of imidazole rings is 1. The highest BCUT2D eigenvalue weighted by Crippen LogP contribution is 2.27. The molecule has 0 spiro atoms. The molecule has 3 rings (SSSR count). The number of rotatable bonds is 4. The van der Waals surface area contributed by atoms with Gasteiger partial charge < -0.3 is 10.3 Å². The standard InChI is InChI=1S/C18H20N4OS/c1-18(2,3)11-20-16-13(10-24-23)12(8-9-19-16)17-21-14-6-4-5-7-15(14)22-17/h4-10H,11H2,1-3H3,(H,19,20)(H,21,22). The molecule has 2 N–H and O–H groups in total. The Morgan fingerprint density at radius 3 is 2.75 bits per heavy atom. The lowest BCUT2D eigenvalue weighted by Gasteiger charge is -2.20. The minimum Gasteiger partial charge on any atom is -0.369 e. The van der Waals surface area contributed by atoms with Crippen molar-refractivity contribution < 1.29 is 4.21 Å². The summed E-state index contributed by atoms with van der Waals surface area (Å²) in [7, 11) is 0. The second-order valence-corrected chi connectivity index (χ2v) is 7.28. The van der Waals surface area contributed by atoms with Crippen molar-refractivity contribution in [2.45, 2.75) is 20.8 Å². The van der Waals surface area contributed by atoms with Gasteiger partial charge in [-0.2, -0.15) is 0 Å². The summed E-state index contributed by atoms with van der Waals surface area (Å²) in [5.41, 5.74) is 3.60. The monoisotopic (exact) mass is 340 g/mol. The first-order chi connectivity index (χ1) is 11.5. The van der Waals surface area contributed by atoms with Gasteiger partial charge in [0.15, 0.2) is 0 Å². The molecule has 0 aliphatic rings. The summed E-state index contributed by atoms with van der Waals surface area (Å²) in [6, 6.07) is 9.74. The van der Waals surface area contributed by atoms with Crippen molar-refractivity contribution in [3.05, 3.63) is 42.1 Å². The van der Waals surface area contributed by atoms with Crippen LogP contribution >= 0.6 is 0 Å². The number of anilines is 1. The SMILES string of the molecule is CC(C)(C)CNc1nccc(-c2nc3ccccc3[nH]2)c1C=S=O. The second-order valence-electron chi connectivity index (χ2n) is 6.85. The van der Waals surface area contributed by atoms with E-state index in [9.17, 15) is 4.21 Å². The maximum atomic E-state index is 11.2. The topological polar surface area (TPSA) is 70.7 Å². The first-order valence-electron chi connectivity index (χ1n) is 7.78. The molecular formula is C18H20N4OS. The molecule has 0 saturated heterocycles. The van der Waals surface area contributed by atoms with E-state index in [0.717, 1.165) is 34.5 Å². The number of pyridine rings is 1. The quantitative estimate of drug-likeness (QED) is 0.714. The average Bonchev–Trinajstić information content (AvgIpc) is 2.97. The van der Waals surface area contributed by atoms with E-state index in [1.54, 1.807) is 11.6 Å². The molecule has 3 aromatic rings. The van der Waals surface area contributed by atoms with Gasteiger partial charge in [0.25, 0.3) is 0 Å². The third kappa shape index (κ3) is 3.54. The van der Waals surface area contributed by atoms with Crippen LogP contribution in [-0.2, 0) is 11.3 Å². The number of para-hydroxylation sites is 2. The van der Waals surface area contributed by atoms with Crippen molar-refractivity contribution in [1.82, 2.24) is 15.0 Å². The molecule has 2 heterocycles. The molecule has 6 heteroatoms. The summed E-state index contributed by atoms with van der Waals surface area (Å²) in [6.45, 7) is 7.20. The highest BCUT2D eigenvalue weighted by atomic mass is 32.1. The molecule has 0 aliphatic heterocycles. The van der Waals surface area contributed by atoms with Crippen LogP contribution in [0.3, 0.4) is 0 Å². The van der Waals surface area contributed by atoms with Crippen molar-refractivity contribution in [1.29, 1.82) is 0 Å². The molecule has 0 saturated carbocycles. The van der Waals surface area contributed by atoms with Crippen LogP contribution in [0.4, 0.5) is 5.82 Å². The van der Waals surface area contributed by atoms with Gasteiger partial charge in [-0.25, -0.2) is 14.2 Å². The lowest BCUT2D eigenvalue weighted by atomic mass is 9.97. The van der Waals surface area contributed by atoms with Crippen molar-refractivity contribution in [2.75, 3.05) is 11.9 Å². The summed E-state index contributed by atoms with van der Waals surface area (Å²) in [5, 5.41) is 4.92. The van der Waals surface area contributed by atoms with E-state index in [2.05, 4.69) is 41.0 Å². The molecule has 124 valence electrons. The molecular weight excluding hydrogens is 320 g/mol. The molecule has 0 aliphatic carbocycles. The van der Waals surface area contributed by atoms with Crippen LogP contribution < -0.4 is 5.32 Å². The number of fused-ring (bicyclic) bond motifs is 1. The Hall–Kier alpha value is -2.47. The van der Waals surface area contributed by atoms with Crippen LogP contribution in [0.5, 0.6) is 0 Å². The van der Waals surface area contributed by atoms with Gasteiger partial charge in [-0.15, -0.1) is 0 Å². The highest BCUT2D eigenvalue weighted by Gasteiger charge is 2.15. The Labute approximate surface area is 144 Å². The van der Waals surface area contributed by atoms with Gasteiger partial charge in [0.2, 0.25) is 0 Å². The molecule has 0 amide bonds. The zero-order valence-corrected chi connectivity index (χ0v) is 14.8. The van der Waals surface area contributed by atoms with Crippen LogP contribution in [-0.4, -0.2) is 31.1 Å². The van der Waals surface area contributed by atoms with Crippen molar-refractivity contribution >= 4 is 33.5 Å². The van der Waals surface area contributed by atoms with Gasteiger partial charge in [0.1, 0.15) is 11.6 Å². The maximum absolute atomic E-state index is 11.2. The number of nitrogens with one attached hydrogen (secondary N) is 2. The summed E-state index contributed by atoms with van der Waals surface area (Å²) in [6.07, 6.45) is 1.74. The van der Waals surface area contributed by atoms with E-state index in [4.69, 9.17) is 0 Å². The average molecular weight is 340 g/mol. The van der Waals surface area contributed by atoms with Crippen LogP contribution in [0.2, 0.25) is 0 Å². The van der Waals surface area contributed by atoms with Crippen molar-refractivity contribution in [2.24, 2.45) is 5.41 Å². The summed E-state index contributed by atoms with van der Waals surface area (Å²) >= 11 is 0.421. The predicted molar refractivity (Wildman–Crippen MR) is 101 cm³/mol. The van der Waals surface area contributed by atoms with E-state index in [0.29, 0.717) is 17.1 Å². The number of hydrogen-bond donors (Lipinski definition) is 2. The Morgan fingerprint density at radius 1 is 1.25 bits per heavy atom. The van der Waals surface area contributed by atoms with Gasteiger partial charge >= 0.3 is 0 Å². The third-order valence-corrected chi connectivity index (χ3v) is 3.92. The number of aromatic nitrogens is 3. The Kier molecular flexibility index (Phi) is 4.49. The van der Waals surface area contributed by atoms with Gasteiger partial charge in [-0.3, -0.25) is 0 Å². The van der Waals surface area contributed by atoms with Gasteiger partial charge in [-0.05, 0) is 23.6 Å². The molecule has 0 atom stereocenters. The smallest absolute Gasteiger partial charge is 0.139 e. The zero-order valence-electron chi connectivity index (χ0n) is 14.0. The second kappa shape index (κ2) is 6.57. The van der Waals surface area contributed by atoms with E-state index < -0.39 is 0 Å². The molecule has 1 aromatic carbocycles. The molecule has 0 bridgehead atoms. The normalized spacial score (nSPS) is 11.5. The van der Waals surface area contributed by atoms with Gasteiger partial charge in [0.05, 0.1) is 22.3 Å². The van der Waals surface area contributed by atoms with Crippen LogP contribution in [0, 0.1) is 5.41 Å². The summed E-state index contributed by atoms with van der Waals surface area (Å²) < 4.78 is 11.2. The molecule has 24 heavy (non-hydrogen) atoms. The highest BCUT2D eigenvalue weighted by molar-refractivity contribution is 7.65. The van der Waals surface area contributed by atoms with Crippen LogP contribution in [0.1, 0.15) is 26.3 Å². The maximum Gasteiger partial charge on any atom is 0.139 e.